The van der Waals surface area contributed by atoms with Crippen molar-refractivity contribution in [3.05, 3.63) is 83.4 Å². The molecule has 0 aliphatic carbocycles. The first-order chi connectivity index (χ1) is 17.4. The lowest BCUT2D eigenvalue weighted by molar-refractivity contribution is -0.132. The summed E-state index contributed by atoms with van der Waals surface area (Å²) in [5, 5.41) is 11.6. The van der Waals surface area contributed by atoms with E-state index in [0.717, 1.165) is 4.70 Å². The number of fused-ring (bicyclic) bond motifs is 1. The number of hydrogen-bond acceptors (Lipinski definition) is 8. The van der Waals surface area contributed by atoms with Crippen molar-refractivity contribution in [2.24, 2.45) is 0 Å². The molecule has 3 aromatic carbocycles. The number of carbonyl (C=O) groups excluding carboxylic acids is 2. The topological polar surface area (TPSA) is 98.2 Å². The second-order valence-electron chi connectivity index (χ2n) is 8.00. The Morgan fingerprint density at radius 1 is 0.889 bits per heavy atom. The van der Waals surface area contributed by atoms with Gasteiger partial charge in [0.1, 0.15) is 23.0 Å². The van der Waals surface area contributed by atoms with Gasteiger partial charge in [0.05, 0.1) is 43.2 Å². The van der Waals surface area contributed by atoms with Crippen molar-refractivity contribution >= 4 is 44.1 Å². The average molecular weight is 503 g/mol. The van der Waals surface area contributed by atoms with Crippen molar-refractivity contribution in [3.8, 4) is 17.2 Å². The van der Waals surface area contributed by atoms with E-state index in [1.165, 1.54) is 23.3 Å². The van der Waals surface area contributed by atoms with Crippen molar-refractivity contribution in [3.63, 3.8) is 0 Å². The summed E-state index contributed by atoms with van der Waals surface area (Å²) in [5.74, 6) is -0.0768. The average Bonchev–Trinajstić information content (AvgIpc) is 3.45. The lowest BCUT2D eigenvalue weighted by atomic mass is 9.95. The van der Waals surface area contributed by atoms with Crippen molar-refractivity contribution in [2.75, 3.05) is 26.2 Å². The van der Waals surface area contributed by atoms with E-state index in [-0.39, 0.29) is 11.3 Å². The zero-order valence-corrected chi connectivity index (χ0v) is 20.5. The number of amides is 1. The Kier molecular flexibility index (Phi) is 6.07. The Labute approximate surface area is 211 Å². The van der Waals surface area contributed by atoms with Crippen LogP contribution in [0.1, 0.15) is 17.2 Å². The van der Waals surface area contributed by atoms with Crippen LogP contribution in [-0.2, 0) is 9.59 Å². The SMILES string of the molecule is COc1ccc(C2/C(=C(\O)c3cccc(OC)c3)C(=O)C(=O)N2c2nc3ccc(OC)cc3s2)cc1. The molecule has 0 radical (unpaired) electrons. The molecule has 5 rings (SSSR count). The number of benzene rings is 3. The summed E-state index contributed by atoms with van der Waals surface area (Å²) in [6, 6.07) is 18.2. The molecule has 1 saturated heterocycles. The highest BCUT2D eigenvalue weighted by Crippen LogP contribution is 2.45. The summed E-state index contributed by atoms with van der Waals surface area (Å²) in [7, 11) is 4.64. The van der Waals surface area contributed by atoms with E-state index >= 15 is 0 Å². The van der Waals surface area contributed by atoms with Gasteiger partial charge in [-0.25, -0.2) is 4.98 Å². The van der Waals surface area contributed by atoms with E-state index < -0.39 is 17.7 Å². The van der Waals surface area contributed by atoms with E-state index in [4.69, 9.17) is 14.2 Å². The molecule has 0 bridgehead atoms. The first kappa shape index (κ1) is 23.4. The third kappa shape index (κ3) is 3.93. The fraction of sp³-hybridized carbons (Fsp3) is 0.148. The van der Waals surface area contributed by atoms with Crippen LogP contribution in [0.25, 0.3) is 16.0 Å². The Morgan fingerprint density at radius 3 is 2.25 bits per heavy atom. The van der Waals surface area contributed by atoms with Gasteiger partial charge in [-0.3, -0.25) is 14.5 Å². The van der Waals surface area contributed by atoms with E-state index in [9.17, 15) is 14.7 Å². The zero-order valence-electron chi connectivity index (χ0n) is 19.7. The maximum Gasteiger partial charge on any atom is 0.301 e. The highest BCUT2D eigenvalue weighted by Gasteiger charge is 2.48. The summed E-state index contributed by atoms with van der Waals surface area (Å²) in [5.41, 5.74) is 1.62. The molecule has 1 N–H and O–H groups in total. The van der Waals surface area contributed by atoms with Crippen LogP contribution in [0.15, 0.2) is 72.3 Å². The highest BCUT2D eigenvalue weighted by atomic mass is 32.1. The number of thiazole rings is 1. The first-order valence-electron chi connectivity index (χ1n) is 11.0. The lowest BCUT2D eigenvalue weighted by Crippen LogP contribution is -2.29. The molecule has 1 aliphatic heterocycles. The van der Waals surface area contributed by atoms with Gasteiger partial charge in [0.2, 0.25) is 0 Å². The summed E-state index contributed by atoms with van der Waals surface area (Å²) in [6.45, 7) is 0. The maximum atomic E-state index is 13.4. The first-order valence-corrected chi connectivity index (χ1v) is 11.8. The van der Waals surface area contributed by atoms with Crippen LogP contribution in [-0.4, -0.2) is 43.1 Å². The molecule has 0 saturated carbocycles. The molecule has 1 amide bonds. The standard InChI is InChI=1S/C27H22N2O6S/c1-33-17-9-7-15(8-10-17)23-22(24(30)16-5-4-6-18(13-16)34-2)25(31)26(32)29(23)27-28-20-12-11-19(35-3)14-21(20)36-27/h4-14,23,30H,1-3H3/b24-22+. The summed E-state index contributed by atoms with van der Waals surface area (Å²) in [4.78, 5) is 32.7. The van der Waals surface area contributed by atoms with E-state index in [1.807, 2.05) is 6.07 Å². The van der Waals surface area contributed by atoms with Crippen LogP contribution >= 0.6 is 11.3 Å². The molecular formula is C27H22N2O6S. The largest absolute Gasteiger partial charge is 0.507 e. The molecule has 1 aromatic heterocycles. The van der Waals surface area contributed by atoms with Gasteiger partial charge in [-0.15, -0.1) is 0 Å². The Morgan fingerprint density at radius 2 is 1.56 bits per heavy atom. The predicted molar refractivity (Wildman–Crippen MR) is 137 cm³/mol. The summed E-state index contributed by atoms with van der Waals surface area (Å²) >= 11 is 1.26. The monoisotopic (exact) mass is 502 g/mol. The normalized spacial score (nSPS) is 17.0. The van der Waals surface area contributed by atoms with E-state index in [2.05, 4.69) is 4.98 Å². The minimum Gasteiger partial charge on any atom is -0.507 e. The number of methoxy groups -OCH3 is 3. The number of rotatable bonds is 6. The Bertz CT molecular complexity index is 1510. The van der Waals surface area contributed by atoms with Crippen LogP contribution in [0.5, 0.6) is 17.2 Å². The lowest BCUT2D eigenvalue weighted by Gasteiger charge is -2.23. The molecular weight excluding hydrogens is 480 g/mol. The van der Waals surface area contributed by atoms with Crippen LogP contribution in [0.2, 0.25) is 0 Å². The van der Waals surface area contributed by atoms with Gasteiger partial charge >= 0.3 is 5.91 Å². The molecule has 2 heterocycles. The van der Waals surface area contributed by atoms with Gasteiger partial charge in [0.25, 0.3) is 5.78 Å². The van der Waals surface area contributed by atoms with Gasteiger partial charge in [-0.05, 0) is 48.0 Å². The van der Waals surface area contributed by atoms with Gasteiger partial charge < -0.3 is 19.3 Å². The molecule has 1 atom stereocenters. The fourth-order valence-electron chi connectivity index (χ4n) is 4.18. The Hall–Kier alpha value is -4.37. The number of aliphatic hydroxyl groups excluding tert-OH is 1. The summed E-state index contributed by atoms with van der Waals surface area (Å²) in [6.07, 6.45) is 0. The number of aromatic nitrogens is 1. The third-order valence-corrected chi connectivity index (χ3v) is 7.03. The quantitative estimate of drug-likeness (QED) is 0.226. The fourth-order valence-corrected chi connectivity index (χ4v) is 5.20. The van der Waals surface area contributed by atoms with Crippen LogP contribution in [0, 0.1) is 0 Å². The molecule has 36 heavy (non-hydrogen) atoms. The minimum atomic E-state index is -0.899. The van der Waals surface area contributed by atoms with Crippen LogP contribution in [0.4, 0.5) is 5.13 Å². The maximum absolute atomic E-state index is 13.4. The third-order valence-electron chi connectivity index (χ3n) is 6.01. The minimum absolute atomic E-state index is 0.0322. The number of Topliss-reactive ketones (excluding diaryl/α,β-unsaturated/α-hetero) is 1. The number of ether oxygens (including phenoxy) is 3. The number of hydrogen-bond donors (Lipinski definition) is 1. The van der Waals surface area contributed by atoms with Gasteiger partial charge in [-0.1, -0.05) is 35.6 Å². The van der Waals surface area contributed by atoms with Crippen molar-refractivity contribution in [1.82, 2.24) is 4.98 Å². The molecule has 4 aromatic rings. The number of aliphatic hydroxyl groups is 1. The van der Waals surface area contributed by atoms with E-state index in [1.54, 1.807) is 74.9 Å². The Balaban J connectivity index is 1.71. The highest BCUT2D eigenvalue weighted by molar-refractivity contribution is 7.22. The predicted octanol–water partition coefficient (Wildman–Crippen LogP) is 4.95. The van der Waals surface area contributed by atoms with Gasteiger partial charge in [-0.2, -0.15) is 0 Å². The van der Waals surface area contributed by atoms with Gasteiger partial charge in [0, 0.05) is 5.56 Å². The number of ketones is 1. The van der Waals surface area contributed by atoms with Gasteiger partial charge in [0.15, 0.2) is 5.13 Å². The number of anilines is 1. The van der Waals surface area contributed by atoms with E-state index in [0.29, 0.717) is 39.0 Å². The molecule has 182 valence electrons. The second-order valence-corrected chi connectivity index (χ2v) is 9.01. The van der Waals surface area contributed by atoms with Crippen molar-refractivity contribution in [2.45, 2.75) is 6.04 Å². The number of nitrogens with zero attached hydrogens (tertiary/aromatic N) is 2. The molecule has 9 heteroatoms. The molecule has 1 aliphatic rings. The molecule has 8 nitrogen and oxygen atoms in total. The molecule has 1 unspecified atom stereocenters. The second kappa shape index (κ2) is 9.35. The van der Waals surface area contributed by atoms with Crippen LogP contribution in [0.3, 0.4) is 0 Å². The molecule has 0 spiro atoms. The summed E-state index contributed by atoms with van der Waals surface area (Å²) < 4.78 is 16.6. The molecule has 1 fully saturated rings. The van der Waals surface area contributed by atoms with Crippen LogP contribution < -0.4 is 19.1 Å². The van der Waals surface area contributed by atoms with Crippen molar-refractivity contribution in [1.29, 1.82) is 0 Å². The van der Waals surface area contributed by atoms with Crippen molar-refractivity contribution < 1.29 is 28.9 Å². The number of carbonyl (C=O) groups is 2. The zero-order chi connectivity index (χ0) is 25.4. The smallest absolute Gasteiger partial charge is 0.301 e.